The van der Waals surface area contributed by atoms with Crippen LogP contribution in [-0.4, -0.2) is 37.1 Å². The molecule has 8 heteroatoms. The van der Waals surface area contributed by atoms with E-state index in [4.69, 9.17) is 0 Å². The summed E-state index contributed by atoms with van der Waals surface area (Å²) < 4.78 is 4.10. The Morgan fingerprint density at radius 3 is 2.67 bits per heavy atom. The third kappa shape index (κ3) is 3.95. The number of quaternary nitrogens is 1. The molecule has 0 fully saturated rings. The van der Waals surface area contributed by atoms with Crippen molar-refractivity contribution in [2.75, 3.05) is 12.3 Å². The van der Waals surface area contributed by atoms with Crippen LogP contribution in [0.2, 0.25) is 0 Å². The number of nitrogens with zero attached hydrogens (tertiary/aromatic N) is 5. The second-order valence-electron chi connectivity index (χ2n) is 6.33. The van der Waals surface area contributed by atoms with Crippen molar-refractivity contribution in [3.8, 4) is 0 Å². The van der Waals surface area contributed by atoms with E-state index in [-0.39, 0.29) is 12.4 Å². The van der Waals surface area contributed by atoms with Crippen LogP contribution in [0.5, 0.6) is 0 Å². The van der Waals surface area contributed by atoms with Gasteiger partial charge in [0, 0.05) is 41.0 Å². The Morgan fingerprint density at radius 1 is 1.07 bits per heavy atom. The monoisotopic (exact) mass is 402 g/mol. The molecule has 0 spiro atoms. The van der Waals surface area contributed by atoms with Crippen LogP contribution in [-0.2, 0) is 20.1 Å². The van der Waals surface area contributed by atoms with Gasteiger partial charge in [-0.25, -0.2) is 4.68 Å². The molecule has 0 atom stereocenters. The van der Waals surface area contributed by atoms with E-state index in [2.05, 4.69) is 74.8 Å². The molecule has 0 unspecified atom stereocenters. The van der Waals surface area contributed by atoms with Gasteiger partial charge in [0.2, 0.25) is 5.16 Å². The van der Waals surface area contributed by atoms with Gasteiger partial charge in [-0.15, -0.1) is 5.10 Å². The van der Waals surface area contributed by atoms with Crippen LogP contribution < -0.4 is 17.7 Å². The molecule has 142 valence electrons. The number of nitrogens with two attached hydrogens (primary N) is 1. The summed E-state index contributed by atoms with van der Waals surface area (Å²) in [7, 11) is 1.87. The van der Waals surface area contributed by atoms with Gasteiger partial charge in [-0.05, 0) is 35.5 Å². The van der Waals surface area contributed by atoms with Crippen LogP contribution in [0, 0.1) is 0 Å². The van der Waals surface area contributed by atoms with Crippen LogP contribution in [0.1, 0.15) is 12.5 Å². The average molecular weight is 403 g/mol. The molecule has 2 heterocycles. The summed E-state index contributed by atoms with van der Waals surface area (Å²) in [5.41, 5.74) is 4.00. The number of hydrogen-bond acceptors (Lipinski definition) is 4. The fourth-order valence-corrected chi connectivity index (χ4v) is 4.20. The van der Waals surface area contributed by atoms with Gasteiger partial charge in [0.05, 0.1) is 12.3 Å². The smallest absolute Gasteiger partial charge is 0.209 e. The van der Waals surface area contributed by atoms with Gasteiger partial charge in [0.1, 0.15) is 6.54 Å². The number of fused-ring (bicyclic) bond motifs is 3. The van der Waals surface area contributed by atoms with E-state index in [1.165, 1.54) is 27.4 Å². The zero-order valence-corrected chi connectivity index (χ0v) is 17.0. The minimum Gasteiger partial charge on any atom is -1.00 e. The number of tetrazole rings is 1. The summed E-state index contributed by atoms with van der Waals surface area (Å²) in [6.45, 7) is 5.22. The highest BCUT2D eigenvalue weighted by Gasteiger charge is 2.10. The lowest BCUT2D eigenvalue weighted by atomic mass is 10.1. The Hall–Kier alpha value is -2.09. The van der Waals surface area contributed by atoms with E-state index in [9.17, 15) is 0 Å². The minimum atomic E-state index is 0. The molecule has 0 saturated carbocycles. The third-order valence-electron chi connectivity index (χ3n) is 4.67. The van der Waals surface area contributed by atoms with E-state index in [1.807, 2.05) is 7.05 Å². The standard InChI is InChI=1S/C19H22N6S.ClH/c1-3-25-17-7-5-4-6-15(17)16-12-14(8-9-18(16)25)13-20-10-11-26-19-21-22-23-24(19)2;/h4-9,12,20H,3,10-11,13H2,1-2H3;1H. The molecule has 0 saturated heterocycles. The third-order valence-corrected chi connectivity index (χ3v) is 5.71. The first-order chi connectivity index (χ1) is 12.8. The highest BCUT2D eigenvalue weighted by molar-refractivity contribution is 7.99. The molecule has 0 aliphatic rings. The van der Waals surface area contributed by atoms with E-state index in [0.717, 1.165) is 30.5 Å². The molecule has 2 aromatic carbocycles. The Morgan fingerprint density at radius 2 is 1.89 bits per heavy atom. The summed E-state index contributed by atoms with van der Waals surface area (Å²) in [5.74, 6) is 0.992. The maximum atomic E-state index is 3.99. The number of hydrogen-bond donors (Lipinski definition) is 1. The summed E-state index contributed by atoms with van der Waals surface area (Å²) >= 11 is 1.69. The predicted octanol–water partition coefficient (Wildman–Crippen LogP) is -0.802. The zero-order chi connectivity index (χ0) is 17.9. The Bertz CT molecular complexity index is 1040. The molecule has 4 rings (SSSR count). The second-order valence-corrected chi connectivity index (χ2v) is 7.39. The van der Waals surface area contributed by atoms with Crippen LogP contribution in [0.3, 0.4) is 0 Å². The number of benzene rings is 2. The molecular weight excluding hydrogens is 380 g/mol. The number of thioether (sulfide) groups is 1. The highest BCUT2D eigenvalue weighted by Crippen LogP contribution is 2.29. The van der Waals surface area contributed by atoms with E-state index < -0.39 is 0 Å². The van der Waals surface area contributed by atoms with Crippen molar-refractivity contribution in [1.29, 1.82) is 0 Å². The first kappa shape index (κ1) is 19.7. The highest BCUT2D eigenvalue weighted by atomic mass is 35.5. The van der Waals surface area contributed by atoms with Gasteiger partial charge in [-0.1, -0.05) is 36.0 Å². The summed E-state index contributed by atoms with van der Waals surface area (Å²) in [6.07, 6.45) is 0. The lowest BCUT2D eigenvalue weighted by Crippen LogP contribution is -3.00. The normalized spacial score (nSPS) is 11.2. The Balaban J connectivity index is 0.00000210. The zero-order valence-electron chi connectivity index (χ0n) is 15.5. The van der Waals surface area contributed by atoms with E-state index in [0.29, 0.717) is 0 Å². The first-order valence-corrected chi connectivity index (χ1v) is 9.93. The van der Waals surface area contributed by atoms with Gasteiger partial charge in [-0.2, -0.15) is 0 Å². The van der Waals surface area contributed by atoms with Gasteiger partial charge in [0.25, 0.3) is 0 Å². The van der Waals surface area contributed by atoms with Gasteiger partial charge >= 0.3 is 0 Å². The summed E-state index contributed by atoms with van der Waals surface area (Å²) in [6, 6.07) is 15.5. The van der Waals surface area contributed by atoms with Crippen molar-refractivity contribution in [3.63, 3.8) is 0 Å². The molecule has 0 aliphatic carbocycles. The van der Waals surface area contributed by atoms with Crippen molar-refractivity contribution in [3.05, 3.63) is 48.0 Å². The number of rotatable bonds is 7. The average Bonchev–Trinajstić information content (AvgIpc) is 3.22. The molecule has 2 N–H and O–H groups in total. The molecule has 2 aromatic heterocycles. The van der Waals surface area contributed by atoms with Crippen LogP contribution >= 0.6 is 11.8 Å². The lowest BCUT2D eigenvalue weighted by Gasteiger charge is -2.04. The van der Waals surface area contributed by atoms with Crippen LogP contribution in [0.25, 0.3) is 21.8 Å². The van der Waals surface area contributed by atoms with Crippen molar-refractivity contribution >= 4 is 33.6 Å². The minimum absolute atomic E-state index is 0. The van der Waals surface area contributed by atoms with E-state index in [1.54, 1.807) is 16.4 Å². The SMILES string of the molecule is CCn1c2ccccc2c2cc(C[NH2+]CCSc3nnnn3C)ccc21.[Cl-]. The number of aryl methyl sites for hydroxylation is 2. The topological polar surface area (TPSA) is 65.1 Å². The first-order valence-electron chi connectivity index (χ1n) is 8.94. The number of halogens is 1. The maximum absolute atomic E-state index is 3.99. The van der Waals surface area contributed by atoms with Crippen molar-refractivity contribution in [2.24, 2.45) is 7.05 Å². The molecule has 0 aliphatic heterocycles. The summed E-state index contributed by atoms with van der Waals surface area (Å²) in [5, 5.41) is 17.4. The molecule has 0 bridgehead atoms. The molecule has 6 nitrogen and oxygen atoms in total. The van der Waals surface area contributed by atoms with Gasteiger partial charge < -0.3 is 22.3 Å². The van der Waals surface area contributed by atoms with Crippen molar-refractivity contribution < 1.29 is 17.7 Å². The summed E-state index contributed by atoms with van der Waals surface area (Å²) in [4.78, 5) is 0. The van der Waals surface area contributed by atoms with Gasteiger partial charge in [0.15, 0.2) is 0 Å². The molecular formula is C19H23ClN6S. The van der Waals surface area contributed by atoms with Crippen molar-refractivity contribution in [2.45, 2.75) is 25.2 Å². The Kier molecular flexibility index (Phi) is 6.36. The lowest BCUT2D eigenvalue weighted by molar-refractivity contribution is -0.666. The van der Waals surface area contributed by atoms with Crippen molar-refractivity contribution in [1.82, 2.24) is 24.8 Å². The quantitative estimate of drug-likeness (QED) is 0.324. The fourth-order valence-electron chi connectivity index (χ4n) is 3.41. The Labute approximate surface area is 168 Å². The molecule has 4 aromatic rings. The van der Waals surface area contributed by atoms with Crippen LogP contribution in [0.15, 0.2) is 47.6 Å². The number of aromatic nitrogens is 5. The molecule has 0 amide bonds. The van der Waals surface area contributed by atoms with Gasteiger partial charge in [-0.3, -0.25) is 0 Å². The van der Waals surface area contributed by atoms with E-state index >= 15 is 0 Å². The largest absolute Gasteiger partial charge is 1.00 e. The fraction of sp³-hybridized carbons (Fsp3) is 0.316. The van der Waals surface area contributed by atoms with Crippen LogP contribution in [0.4, 0.5) is 0 Å². The molecule has 0 radical (unpaired) electrons. The predicted molar refractivity (Wildman–Crippen MR) is 105 cm³/mol. The maximum Gasteiger partial charge on any atom is 0.209 e. The number of para-hydroxylation sites is 1. The second kappa shape index (κ2) is 8.73. The molecule has 27 heavy (non-hydrogen) atoms.